The number of methoxy groups -OCH3 is 1. The van der Waals surface area contributed by atoms with Crippen molar-refractivity contribution in [2.24, 2.45) is 0 Å². The highest BCUT2D eigenvalue weighted by Gasteiger charge is 2.22. The Balaban J connectivity index is 1.67. The van der Waals surface area contributed by atoms with Crippen LogP contribution in [-0.2, 0) is 4.79 Å². The number of hydrogen-bond acceptors (Lipinski definition) is 7. The molecule has 3 rings (SSSR count). The van der Waals surface area contributed by atoms with Gasteiger partial charge in [0.2, 0.25) is 11.9 Å². The van der Waals surface area contributed by atoms with Crippen LogP contribution in [-0.4, -0.2) is 60.0 Å². The number of anilines is 3. The van der Waals surface area contributed by atoms with Gasteiger partial charge in [-0.2, -0.15) is 4.98 Å². The minimum Gasteiger partial charge on any atom is -0.497 e. The van der Waals surface area contributed by atoms with E-state index in [1.165, 1.54) is 6.20 Å². The highest BCUT2D eigenvalue weighted by Crippen LogP contribution is 2.19. The summed E-state index contributed by atoms with van der Waals surface area (Å²) in [4.78, 5) is 36.1. The third kappa shape index (κ3) is 4.25. The second-order valence-electron chi connectivity index (χ2n) is 6.14. The van der Waals surface area contributed by atoms with Crippen molar-refractivity contribution in [3.63, 3.8) is 0 Å². The van der Waals surface area contributed by atoms with Crippen molar-refractivity contribution in [3.05, 3.63) is 36.0 Å². The number of aromatic nitrogens is 2. The molecule has 0 radical (unpaired) electrons. The van der Waals surface area contributed by atoms with Crippen LogP contribution in [0.3, 0.4) is 0 Å². The van der Waals surface area contributed by atoms with E-state index in [0.29, 0.717) is 43.6 Å². The Hall–Kier alpha value is -3.36. The zero-order valence-corrected chi connectivity index (χ0v) is 15.3. The summed E-state index contributed by atoms with van der Waals surface area (Å²) >= 11 is 0. The summed E-state index contributed by atoms with van der Waals surface area (Å²) in [5.74, 6) is 0.938. The van der Waals surface area contributed by atoms with E-state index in [1.807, 2.05) is 4.90 Å². The fourth-order valence-electron chi connectivity index (χ4n) is 2.81. The fraction of sp³-hybridized carbons (Fsp3) is 0.333. The molecular weight excluding hydrogens is 348 g/mol. The summed E-state index contributed by atoms with van der Waals surface area (Å²) < 4.78 is 5.09. The van der Waals surface area contributed by atoms with Gasteiger partial charge in [0, 0.05) is 45.0 Å². The lowest BCUT2D eigenvalue weighted by Crippen LogP contribution is -2.48. The predicted octanol–water partition coefficient (Wildman–Crippen LogP) is 0.988. The maximum atomic E-state index is 12.4. The lowest BCUT2D eigenvalue weighted by Gasteiger charge is -2.34. The number of hydrogen-bond donors (Lipinski definition) is 2. The first-order chi connectivity index (χ1) is 13.0. The lowest BCUT2D eigenvalue weighted by molar-refractivity contribution is -0.129. The molecule has 1 aliphatic rings. The summed E-state index contributed by atoms with van der Waals surface area (Å²) in [7, 11) is 1.58. The van der Waals surface area contributed by atoms with Crippen LogP contribution < -0.4 is 20.7 Å². The van der Waals surface area contributed by atoms with E-state index in [0.717, 1.165) is 0 Å². The molecule has 27 heavy (non-hydrogen) atoms. The SMILES string of the molecule is COc1ccc(NC(=O)c2cnc(N3CCN(C(C)=O)CC3)nc2N)cc1. The third-order valence-electron chi connectivity index (χ3n) is 4.41. The van der Waals surface area contributed by atoms with Crippen LogP contribution in [0.15, 0.2) is 30.5 Å². The van der Waals surface area contributed by atoms with Gasteiger partial charge in [-0.1, -0.05) is 0 Å². The molecule has 1 aromatic heterocycles. The van der Waals surface area contributed by atoms with Gasteiger partial charge in [0.15, 0.2) is 0 Å². The third-order valence-corrected chi connectivity index (χ3v) is 4.41. The smallest absolute Gasteiger partial charge is 0.260 e. The molecule has 0 aliphatic carbocycles. The number of benzene rings is 1. The van der Waals surface area contributed by atoms with E-state index in [2.05, 4.69) is 15.3 Å². The number of ether oxygens (including phenoxy) is 1. The zero-order chi connectivity index (χ0) is 19.4. The molecule has 9 nitrogen and oxygen atoms in total. The number of amides is 2. The monoisotopic (exact) mass is 370 g/mol. The van der Waals surface area contributed by atoms with Gasteiger partial charge in [-0.25, -0.2) is 4.98 Å². The topological polar surface area (TPSA) is 114 Å². The first kappa shape index (κ1) is 18.4. The first-order valence-electron chi connectivity index (χ1n) is 8.56. The van der Waals surface area contributed by atoms with E-state index in [-0.39, 0.29) is 23.2 Å². The van der Waals surface area contributed by atoms with E-state index in [1.54, 1.807) is 43.2 Å². The predicted molar refractivity (Wildman–Crippen MR) is 102 cm³/mol. The van der Waals surface area contributed by atoms with Crippen LogP contribution >= 0.6 is 0 Å². The Labute approximate surface area is 157 Å². The van der Waals surface area contributed by atoms with Gasteiger partial charge in [-0.05, 0) is 24.3 Å². The zero-order valence-electron chi connectivity index (χ0n) is 15.3. The Kier molecular flexibility index (Phi) is 5.39. The summed E-state index contributed by atoms with van der Waals surface area (Å²) in [6, 6.07) is 6.96. The van der Waals surface area contributed by atoms with Crippen LogP contribution in [0.25, 0.3) is 0 Å². The largest absolute Gasteiger partial charge is 0.497 e. The number of nitrogen functional groups attached to an aromatic ring is 1. The van der Waals surface area contributed by atoms with Crippen LogP contribution in [0.4, 0.5) is 17.5 Å². The highest BCUT2D eigenvalue weighted by atomic mass is 16.5. The molecule has 142 valence electrons. The van der Waals surface area contributed by atoms with E-state index >= 15 is 0 Å². The minimum atomic E-state index is -0.384. The second kappa shape index (κ2) is 7.90. The molecule has 0 spiro atoms. The van der Waals surface area contributed by atoms with Crippen LogP contribution in [0.2, 0.25) is 0 Å². The molecule has 0 bridgehead atoms. The van der Waals surface area contributed by atoms with E-state index < -0.39 is 0 Å². The van der Waals surface area contributed by atoms with E-state index in [4.69, 9.17) is 10.5 Å². The van der Waals surface area contributed by atoms with Crippen LogP contribution in [0.1, 0.15) is 17.3 Å². The summed E-state index contributed by atoms with van der Waals surface area (Å²) in [6.45, 7) is 4.02. The molecular formula is C18H22N6O3. The Morgan fingerprint density at radius 1 is 1.15 bits per heavy atom. The average molecular weight is 370 g/mol. The van der Waals surface area contributed by atoms with Gasteiger partial charge in [0.05, 0.1) is 7.11 Å². The number of piperazine rings is 1. The second-order valence-corrected chi connectivity index (χ2v) is 6.14. The molecule has 0 unspecified atom stereocenters. The van der Waals surface area contributed by atoms with Crippen LogP contribution in [0, 0.1) is 0 Å². The van der Waals surface area contributed by atoms with Gasteiger partial charge < -0.3 is 25.6 Å². The number of nitrogens with two attached hydrogens (primary N) is 1. The molecule has 0 atom stereocenters. The minimum absolute atomic E-state index is 0.0561. The van der Waals surface area contributed by atoms with Crippen molar-refractivity contribution >= 4 is 29.3 Å². The average Bonchev–Trinajstić information content (AvgIpc) is 2.68. The van der Waals surface area contributed by atoms with Crippen molar-refractivity contribution in [3.8, 4) is 5.75 Å². The molecule has 3 N–H and O–H groups in total. The Bertz CT molecular complexity index is 831. The molecule has 1 fully saturated rings. The summed E-state index contributed by atoms with van der Waals surface area (Å²) in [5.41, 5.74) is 6.80. The van der Waals surface area contributed by atoms with Crippen molar-refractivity contribution in [1.82, 2.24) is 14.9 Å². The molecule has 1 saturated heterocycles. The summed E-state index contributed by atoms with van der Waals surface area (Å²) in [6.07, 6.45) is 1.42. The standard InChI is InChI=1S/C18H22N6O3/c1-12(25)23-7-9-24(10-8-23)18-20-11-15(16(19)22-18)17(26)21-13-3-5-14(27-2)6-4-13/h3-6,11H,7-10H2,1-2H3,(H,21,26)(H2,19,20,22). The number of nitrogens with zero attached hydrogens (tertiary/aromatic N) is 4. The molecule has 0 saturated carbocycles. The molecule has 2 aromatic rings. The van der Waals surface area contributed by atoms with Gasteiger partial charge in [0.1, 0.15) is 17.1 Å². The van der Waals surface area contributed by atoms with Crippen molar-refractivity contribution < 1.29 is 14.3 Å². The van der Waals surface area contributed by atoms with Crippen molar-refractivity contribution in [2.75, 3.05) is 49.2 Å². The number of nitrogens with one attached hydrogen (secondary N) is 1. The fourth-order valence-corrected chi connectivity index (χ4v) is 2.81. The van der Waals surface area contributed by atoms with Crippen molar-refractivity contribution in [2.45, 2.75) is 6.92 Å². The van der Waals surface area contributed by atoms with Gasteiger partial charge in [-0.15, -0.1) is 0 Å². The molecule has 2 heterocycles. The highest BCUT2D eigenvalue weighted by molar-refractivity contribution is 6.07. The number of carbonyl (C=O) groups is 2. The normalized spacial score (nSPS) is 14.0. The van der Waals surface area contributed by atoms with Gasteiger partial charge in [0.25, 0.3) is 5.91 Å². The lowest BCUT2D eigenvalue weighted by atomic mass is 10.2. The Morgan fingerprint density at radius 2 is 1.81 bits per heavy atom. The quantitative estimate of drug-likeness (QED) is 0.825. The van der Waals surface area contributed by atoms with Gasteiger partial charge in [-0.3, -0.25) is 9.59 Å². The molecule has 9 heteroatoms. The molecule has 1 aromatic carbocycles. The number of carbonyl (C=O) groups excluding carboxylic acids is 2. The Morgan fingerprint density at radius 3 is 2.37 bits per heavy atom. The maximum absolute atomic E-state index is 12.4. The molecule has 1 aliphatic heterocycles. The van der Waals surface area contributed by atoms with Crippen molar-refractivity contribution in [1.29, 1.82) is 0 Å². The number of rotatable bonds is 4. The van der Waals surface area contributed by atoms with E-state index in [9.17, 15) is 9.59 Å². The van der Waals surface area contributed by atoms with Crippen LogP contribution in [0.5, 0.6) is 5.75 Å². The molecule has 2 amide bonds. The summed E-state index contributed by atoms with van der Waals surface area (Å²) in [5, 5.41) is 2.76. The van der Waals surface area contributed by atoms with Gasteiger partial charge >= 0.3 is 0 Å². The maximum Gasteiger partial charge on any atom is 0.260 e. The first-order valence-corrected chi connectivity index (χ1v) is 8.56.